The molecule has 19 heavy (non-hydrogen) atoms. The summed E-state index contributed by atoms with van der Waals surface area (Å²) in [5.74, 6) is 1.22. The second-order valence-corrected chi connectivity index (χ2v) is 5.72. The molecule has 0 aliphatic carbocycles. The topological polar surface area (TPSA) is 47.6 Å². The van der Waals surface area contributed by atoms with Crippen molar-refractivity contribution in [3.63, 3.8) is 0 Å². The van der Waals surface area contributed by atoms with E-state index in [1.165, 1.54) is 0 Å². The predicted molar refractivity (Wildman–Crippen MR) is 78.7 cm³/mol. The van der Waals surface area contributed by atoms with Crippen LogP contribution >= 0.6 is 15.9 Å². The summed E-state index contributed by atoms with van der Waals surface area (Å²) in [5.41, 5.74) is -0.211. The summed E-state index contributed by atoms with van der Waals surface area (Å²) in [6, 6.07) is 5.35. The van der Waals surface area contributed by atoms with Crippen molar-refractivity contribution in [2.75, 3.05) is 13.7 Å². The molecule has 0 atom stereocenters. The fourth-order valence-corrected chi connectivity index (χ4v) is 1.84. The third kappa shape index (κ3) is 5.11. The normalized spacial score (nSPS) is 11.0. The standard InChI is InChI=1S/C14H20BrNO3/c1-5-14(2,3)16-13(17)9-19-12-7-6-10(18-4)8-11(12)15/h6-8H,5,9H2,1-4H3,(H,16,17). The first-order valence-corrected chi connectivity index (χ1v) is 6.94. The van der Waals surface area contributed by atoms with Gasteiger partial charge >= 0.3 is 0 Å². The molecule has 1 N–H and O–H groups in total. The van der Waals surface area contributed by atoms with Gasteiger partial charge in [0.15, 0.2) is 6.61 Å². The lowest BCUT2D eigenvalue weighted by atomic mass is 10.0. The SMILES string of the molecule is CCC(C)(C)NC(=O)COc1ccc(OC)cc1Br. The van der Waals surface area contributed by atoms with Crippen molar-refractivity contribution < 1.29 is 14.3 Å². The number of ether oxygens (including phenoxy) is 2. The van der Waals surface area contributed by atoms with E-state index in [0.29, 0.717) is 5.75 Å². The van der Waals surface area contributed by atoms with Gasteiger partial charge in [0, 0.05) is 5.54 Å². The molecule has 1 rings (SSSR count). The van der Waals surface area contributed by atoms with Gasteiger partial charge in [0.2, 0.25) is 0 Å². The van der Waals surface area contributed by atoms with E-state index in [0.717, 1.165) is 16.6 Å². The maximum Gasteiger partial charge on any atom is 0.258 e. The van der Waals surface area contributed by atoms with E-state index in [1.807, 2.05) is 20.8 Å². The Labute approximate surface area is 122 Å². The number of methoxy groups -OCH3 is 1. The lowest BCUT2D eigenvalue weighted by molar-refractivity contribution is -0.124. The van der Waals surface area contributed by atoms with Gasteiger partial charge in [-0.05, 0) is 54.4 Å². The highest BCUT2D eigenvalue weighted by Crippen LogP contribution is 2.28. The Kier molecular flexibility index (Phi) is 5.66. The van der Waals surface area contributed by atoms with Gasteiger partial charge in [-0.15, -0.1) is 0 Å². The minimum absolute atomic E-state index is 0.00560. The zero-order chi connectivity index (χ0) is 14.5. The van der Waals surface area contributed by atoms with Gasteiger partial charge in [0.05, 0.1) is 11.6 Å². The first-order chi connectivity index (χ1) is 8.88. The Hall–Kier alpha value is -1.23. The molecule has 0 aliphatic heterocycles. The second kappa shape index (κ2) is 6.80. The lowest BCUT2D eigenvalue weighted by Gasteiger charge is -2.24. The summed E-state index contributed by atoms with van der Waals surface area (Å²) in [6.45, 7) is 5.98. The largest absolute Gasteiger partial charge is 0.497 e. The van der Waals surface area contributed by atoms with Crippen LogP contribution in [0.2, 0.25) is 0 Å². The van der Waals surface area contributed by atoms with Crippen LogP contribution in [0.1, 0.15) is 27.2 Å². The molecule has 0 aliphatic rings. The molecular weight excluding hydrogens is 310 g/mol. The van der Waals surface area contributed by atoms with Crippen molar-refractivity contribution in [2.45, 2.75) is 32.7 Å². The number of hydrogen-bond donors (Lipinski definition) is 1. The van der Waals surface area contributed by atoms with E-state index in [-0.39, 0.29) is 18.1 Å². The van der Waals surface area contributed by atoms with Crippen LogP contribution < -0.4 is 14.8 Å². The number of nitrogens with one attached hydrogen (secondary N) is 1. The molecule has 0 saturated carbocycles. The Bertz CT molecular complexity index is 446. The molecule has 0 unspecified atom stereocenters. The predicted octanol–water partition coefficient (Wildman–Crippen LogP) is 3.14. The average Bonchev–Trinajstić information content (AvgIpc) is 2.36. The van der Waals surface area contributed by atoms with Gasteiger partial charge in [0.25, 0.3) is 5.91 Å². The Morgan fingerprint density at radius 1 is 1.42 bits per heavy atom. The average molecular weight is 330 g/mol. The van der Waals surface area contributed by atoms with Gasteiger partial charge < -0.3 is 14.8 Å². The second-order valence-electron chi connectivity index (χ2n) is 4.87. The molecule has 0 radical (unpaired) electrons. The van der Waals surface area contributed by atoms with Crippen LogP contribution in [0.25, 0.3) is 0 Å². The van der Waals surface area contributed by atoms with Crippen molar-refractivity contribution in [1.82, 2.24) is 5.32 Å². The number of rotatable bonds is 6. The van der Waals surface area contributed by atoms with Crippen molar-refractivity contribution in [3.8, 4) is 11.5 Å². The number of amides is 1. The van der Waals surface area contributed by atoms with Crippen molar-refractivity contribution in [1.29, 1.82) is 0 Å². The van der Waals surface area contributed by atoms with Crippen LogP contribution in [0, 0.1) is 0 Å². The van der Waals surface area contributed by atoms with Crippen LogP contribution in [-0.4, -0.2) is 25.2 Å². The molecule has 0 aromatic heterocycles. The van der Waals surface area contributed by atoms with Gasteiger partial charge in [-0.1, -0.05) is 6.92 Å². The van der Waals surface area contributed by atoms with Crippen LogP contribution in [-0.2, 0) is 4.79 Å². The molecule has 5 heteroatoms. The molecule has 1 aromatic carbocycles. The molecule has 0 heterocycles. The number of halogens is 1. The maximum atomic E-state index is 11.7. The summed E-state index contributed by atoms with van der Waals surface area (Å²) < 4.78 is 11.3. The molecule has 106 valence electrons. The van der Waals surface area contributed by atoms with E-state index in [4.69, 9.17) is 9.47 Å². The quantitative estimate of drug-likeness (QED) is 0.872. The van der Waals surface area contributed by atoms with E-state index in [9.17, 15) is 4.79 Å². The van der Waals surface area contributed by atoms with Crippen molar-refractivity contribution in [2.24, 2.45) is 0 Å². The third-order valence-electron chi connectivity index (χ3n) is 2.86. The molecule has 0 spiro atoms. The highest BCUT2D eigenvalue weighted by Gasteiger charge is 2.18. The fraction of sp³-hybridized carbons (Fsp3) is 0.500. The summed E-state index contributed by atoms with van der Waals surface area (Å²) in [5, 5.41) is 2.91. The fourth-order valence-electron chi connectivity index (χ4n) is 1.37. The van der Waals surface area contributed by atoms with Crippen LogP contribution in [0.15, 0.2) is 22.7 Å². The van der Waals surface area contributed by atoms with Gasteiger partial charge in [-0.2, -0.15) is 0 Å². The van der Waals surface area contributed by atoms with Gasteiger partial charge in [0.1, 0.15) is 11.5 Å². The minimum atomic E-state index is -0.211. The summed E-state index contributed by atoms with van der Waals surface area (Å²) in [6.07, 6.45) is 0.866. The summed E-state index contributed by atoms with van der Waals surface area (Å²) in [7, 11) is 1.60. The Balaban J connectivity index is 2.55. The van der Waals surface area contributed by atoms with Crippen molar-refractivity contribution >= 4 is 21.8 Å². The monoisotopic (exact) mass is 329 g/mol. The van der Waals surface area contributed by atoms with E-state index >= 15 is 0 Å². The number of benzene rings is 1. The molecular formula is C14H20BrNO3. The molecule has 1 aromatic rings. The molecule has 1 amide bonds. The minimum Gasteiger partial charge on any atom is -0.497 e. The zero-order valence-electron chi connectivity index (χ0n) is 11.7. The zero-order valence-corrected chi connectivity index (χ0v) is 13.3. The molecule has 0 fully saturated rings. The van der Waals surface area contributed by atoms with E-state index in [2.05, 4.69) is 21.2 Å². The van der Waals surface area contributed by atoms with E-state index in [1.54, 1.807) is 25.3 Å². The lowest BCUT2D eigenvalue weighted by Crippen LogP contribution is -2.44. The van der Waals surface area contributed by atoms with Crippen LogP contribution in [0.3, 0.4) is 0 Å². The maximum absolute atomic E-state index is 11.7. The van der Waals surface area contributed by atoms with Gasteiger partial charge in [-0.25, -0.2) is 0 Å². The Morgan fingerprint density at radius 3 is 2.63 bits per heavy atom. The Morgan fingerprint density at radius 2 is 2.11 bits per heavy atom. The summed E-state index contributed by atoms with van der Waals surface area (Å²) in [4.78, 5) is 11.7. The highest BCUT2D eigenvalue weighted by molar-refractivity contribution is 9.10. The number of carbonyl (C=O) groups is 1. The smallest absolute Gasteiger partial charge is 0.258 e. The summed E-state index contributed by atoms with van der Waals surface area (Å²) >= 11 is 3.38. The first kappa shape index (κ1) is 15.8. The number of carbonyl (C=O) groups excluding carboxylic acids is 1. The third-order valence-corrected chi connectivity index (χ3v) is 3.48. The highest BCUT2D eigenvalue weighted by atomic mass is 79.9. The molecule has 0 saturated heterocycles. The van der Waals surface area contributed by atoms with Crippen LogP contribution in [0.4, 0.5) is 0 Å². The number of hydrogen-bond acceptors (Lipinski definition) is 3. The molecule has 0 bridgehead atoms. The first-order valence-electron chi connectivity index (χ1n) is 6.15. The van der Waals surface area contributed by atoms with Crippen molar-refractivity contribution in [3.05, 3.63) is 22.7 Å². The molecule has 4 nitrogen and oxygen atoms in total. The van der Waals surface area contributed by atoms with E-state index < -0.39 is 0 Å². The van der Waals surface area contributed by atoms with Gasteiger partial charge in [-0.3, -0.25) is 4.79 Å². The van der Waals surface area contributed by atoms with Crippen LogP contribution in [0.5, 0.6) is 11.5 Å².